The summed E-state index contributed by atoms with van der Waals surface area (Å²) in [5.41, 5.74) is 3.75. The van der Waals surface area contributed by atoms with Gasteiger partial charge in [-0.3, -0.25) is 14.9 Å². The number of hydrogen-bond donors (Lipinski definition) is 0. The Labute approximate surface area is 331 Å². The van der Waals surface area contributed by atoms with Crippen LogP contribution in [0.2, 0.25) is 0 Å². The smallest absolute Gasteiger partial charge is 0.311 e. The van der Waals surface area contributed by atoms with Crippen LogP contribution in [0.4, 0.5) is 28.4 Å². The van der Waals surface area contributed by atoms with Gasteiger partial charge in [0.15, 0.2) is 7.05 Å². The fraction of sp³-hybridized carbons (Fsp3) is 0.578. The van der Waals surface area contributed by atoms with Crippen molar-refractivity contribution in [3.63, 3.8) is 0 Å². The Morgan fingerprint density at radius 1 is 0.600 bits per heavy atom. The summed E-state index contributed by atoms with van der Waals surface area (Å²) in [6, 6.07) is 25.4. The van der Waals surface area contributed by atoms with Gasteiger partial charge in [0, 0.05) is 17.2 Å². The maximum atomic E-state index is 12.6. The lowest BCUT2D eigenvalue weighted by Gasteiger charge is -2.26. The van der Waals surface area contributed by atoms with Crippen LogP contribution in [0, 0.1) is 15.5 Å². The number of hydrogen-bond acceptors (Lipinski definition) is 9. The molecule has 3 aromatic rings. The van der Waals surface area contributed by atoms with Gasteiger partial charge >= 0.3 is 5.97 Å². The van der Waals surface area contributed by atoms with Gasteiger partial charge in [0.25, 0.3) is 0 Å². The second-order valence-corrected chi connectivity index (χ2v) is 14.9. The van der Waals surface area contributed by atoms with Gasteiger partial charge < -0.3 is 9.64 Å². The molecule has 10 heteroatoms. The fourth-order valence-corrected chi connectivity index (χ4v) is 5.85. The van der Waals surface area contributed by atoms with Crippen molar-refractivity contribution >= 4 is 34.4 Å². The summed E-state index contributed by atoms with van der Waals surface area (Å²) in [5.74, 6) is -0.129. The largest absolute Gasteiger partial charge is 0.463 e. The molecule has 0 aliphatic carbocycles. The van der Waals surface area contributed by atoms with Gasteiger partial charge in [-0.05, 0) is 87.4 Å². The molecule has 0 unspecified atom stereocenters. The lowest BCUT2D eigenvalue weighted by molar-refractivity contribution is -0.445. The lowest BCUT2D eigenvalue weighted by atomic mass is 9.91. The number of ether oxygens (including phenoxy) is 1. The number of rotatable bonds is 27. The highest BCUT2D eigenvalue weighted by atomic mass is 16.6. The number of anilines is 1. The maximum absolute atomic E-state index is 12.6. The number of nitrogens with zero attached hydrogens (tertiary/aromatic N) is 6. The highest BCUT2D eigenvalue weighted by Crippen LogP contribution is 2.26. The van der Waals surface area contributed by atoms with E-state index >= 15 is 0 Å². The van der Waals surface area contributed by atoms with Gasteiger partial charge in [-0.1, -0.05) is 128 Å². The van der Waals surface area contributed by atoms with Crippen molar-refractivity contribution in [3.8, 4) is 0 Å². The van der Waals surface area contributed by atoms with Gasteiger partial charge in [0.2, 0.25) is 0 Å². The van der Waals surface area contributed by atoms with Crippen molar-refractivity contribution in [1.82, 2.24) is 0 Å². The minimum Gasteiger partial charge on any atom is -0.463 e. The summed E-state index contributed by atoms with van der Waals surface area (Å²) in [6.07, 6.45) is 22.5. The van der Waals surface area contributed by atoms with Gasteiger partial charge in [-0.2, -0.15) is 20.5 Å². The minimum atomic E-state index is -0.500. The molecular weight excluding hydrogens is 689 g/mol. The van der Waals surface area contributed by atoms with E-state index in [1.807, 2.05) is 87.5 Å². The monoisotopic (exact) mass is 757 g/mol. The molecule has 0 saturated carbocycles. The zero-order valence-corrected chi connectivity index (χ0v) is 34.5. The number of unbranched alkanes of at least 4 members (excludes halogenated alkanes) is 15. The molecule has 0 spiro atoms. The van der Waals surface area contributed by atoms with E-state index in [0.29, 0.717) is 13.2 Å². The summed E-state index contributed by atoms with van der Waals surface area (Å²) in [5, 5.41) is 26.2. The van der Waals surface area contributed by atoms with Crippen LogP contribution in [0.3, 0.4) is 0 Å². The zero-order chi connectivity index (χ0) is 40.0. The molecule has 0 heterocycles. The Bertz CT molecular complexity index is 1490. The standard InChI is InChI=1S/C44H65N5O2.CH3NO2/c1-5-7-8-9-10-11-12-13-14-15-16-17-18-19-20-24-35-49(36-37-51-43(50)44(3,4)6-2)42-33-31-41(32-34-42)48-47-40-29-27-39(28-30-40)46-45-38-25-22-21-23-26-38;1-2(3)4/h21-23,25-34H,5-20,24,35-37H2,1-4H3;1H3. The van der Waals surface area contributed by atoms with Crippen LogP contribution in [0.25, 0.3) is 0 Å². The first-order valence-corrected chi connectivity index (χ1v) is 20.7. The number of carbonyl (C=O) groups excluding carboxylic acids is 1. The van der Waals surface area contributed by atoms with Crippen LogP contribution in [0.5, 0.6) is 0 Å². The van der Waals surface area contributed by atoms with Gasteiger partial charge in [0.1, 0.15) is 6.61 Å². The van der Waals surface area contributed by atoms with E-state index in [1.54, 1.807) is 0 Å². The van der Waals surface area contributed by atoms with E-state index in [-0.39, 0.29) is 5.97 Å². The Morgan fingerprint density at radius 2 is 0.964 bits per heavy atom. The number of azo groups is 2. The first-order chi connectivity index (χ1) is 26.6. The normalized spacial score (nSPS) is 11.4. The lowest BCUT2D eigenvalue weighted by Crippen LogP contribution is -2.32. The van der Waals surface area contributed by atoms with Crippen LogP contribution < -0.4 is 4.90 Å². The average molecular weight is 757 g/mol. The quantitative estimate of drug-likeness (QED) is 0.0252. The Kier molecular flexibility index (Phi) is 24.5. The van der Waals surface area contributed by atoms with Crippen molar-refractivity contribution in [2.24, 2.45) is 25.9 Å². The van der Waals surface area contributed by atoms with Crippen molar-refractivity contribution in [2.75, 3.05) is 31.6 Å². The van der Waals surface area contributed by atoms with E-state index in [1.165, 1.54) is 96.3 Å². The number of esters is 1. The van der Waals surface area contributed by atoms with E-state index in [2.05, 4.69) is 44.4 Å². The molecule has 0 bridgehead atoms. The molecule has 0 aromatic heterocycles. The first kappa shape index (κ1) is 46.7. The third kappa shape index (κ3) is 22.5. The Balaban J connectivity index is 0.00000248. The van der Waals surface area contributed by atoms with Crippen molar-refractivity contribution in [2.45, 2.75) is 137 Å². The SMILES string of the molecule is CCCCCCCCCCCCCCCCCCN(CCOC(=O)C(C)(C)CC)c1ccc(N=Nc2ccc(N=Nc3ccccc3)cc2)cc1.C[N+](=O)[O-]. The summed E-state index contributed by atoms with van der Waals surface area (Å²) in [7, 11) is 0.889. The van der Waals surface area contributed by atoms with Gasteiger partial charge in [-0.15, -0.1) is 0 Å². The second kappa shape index (κ2) is 28.9. The molecule has 0 radical (unpaired) electrons. The predicted molar refractivity (Wildman–Crippen MR) is 227 cm³/mol. The average Bonchev–Trinajstić information content (AvgIpc) is 3.19. The van der Waals surface area contributed by atoms with E-state index in [9.17, 15) is 4.79 Å². The van der Waals surface area contributed by atoms with Crippen LogP contribution in [0.1, 0.15) is 137 Å². The van der Waals surface area contributed by atoms with Crippen LogP contribution in [-0.2, 0) is 9.53 Å². The third-order valence-electron chi connectivity index (χ3n) is 9.70. The molecule has 0 N–H and O–H groups in total. The highest BCUT2D eigenvalue weighted by Gasteiger charge is 2.27. The molecule has 0 amide bonds. The minimum absolute atomic E-state index is 0.129. The number of nitro groups is 1. The first-order valence-electron chi connectivity index (χ1n) is 20.7. The van der Waals surface area contributed by atoms with E-state index in [0.717, 1.165) is 54.9 Å². The third-order valence-corrected chi connectivity index (χ3v) is 9.70. The Morgan fingerprint density at radius 3 is 1.36 bits per heavy atom. The van der Waals surface area contributed by atoms with Crippen LogP contribution in [0.15, 0.2) is 99.3 Å². The Hall–Kier alpha value is -4.47. The predicted octanol–water partition coefficient (Wildman–Crippen LogP) is 14.5. The molecule has 55 heavy (non-hydrogen) atoms. The molecule has 10 nitrogen and oxygen atoms in total. The van der Waals surface area contributed by atoms with E-state index < -0.39 is 10.3 Å². The topological polar surface area (TPSA) is 122 Å². The van der Waals surface area contributed by atoms with Crippen molar-refractivity contribution < 1.29 is 14.5 Å². The van der Waals surface area contributed by atoms with Gasteiger partial charge in [0.05, 0.1) is 34.7 Å². The molecule has 0 atom stereocenters. The summed E-state index contributed by atoms with van der Waals surface area (Å²) < 4.78 is 5.71. The summed E-state index contributed by atoms with van der Waals surface area (Å²) in [4.78, 5) is 23.2. The molecule has 3 aromatic carbocycles. The van der Waals surface area contributed by atoms with Crippen molar-refractivity contribution in [3.05, 3.63) is 89.0 Å². The number of carbonyl (C=O) groups is 1. The molecule has 0 fully saturated rings. The molecule has 3 rings (SSSR count). The van der Waals surface area contributed by atoms with E-state index in [4.69, 9.17) is 14.9 Å². The second-order valence-electron chi connectivity index (χ2n) is 14.9. The van der Waals surface area contributed by atoms with Gasteiger partial charge in [-0.25, -0.2) is 0 Å². The van der Waals surface area contributed by atoms with Crippen molar-refractivity contribution in [1.29, 1.82) is 0 Å². The number of benzene rings is 3. The summed E-state index contributed by atoms with van der Waals surface area (Å²) >= 11 is 0. The summed E-state index contributed by atoms with van der Waals surface area (Å²) in [6.45, 7) is 10.2. The van der Waals surface area contributed by atoms with Crippen LogP contribution in [-0.4, -0.2) is 37.6 Å². The molecule has 0 saturated heterocycles. The zero-order valence-electron chi connectivity index (χ0n) is 34.5. The molecule has 0 aliphatic rings. The molecule has 0 aliphatic heterocycles. The maximum Gasteiger partial charge on any atom is 0.311 e. The fourth-order valence-electron chi connectivity index (χ4n) is 5.85. The van der Waals surface area contributed by atoms with Crippen LogP contribution >= 0.6 is 0 Å². The molecule has 302 valence electrons. The molecular formula is C45H68N6O4. The highest BCUT2D eigenvalue weighted by molar-refractivity contribution is 5.75.